The van der Waals surface area contributed by atoms with Gasteiger partial charge in [-0.1, -0.05) is 12.1 Å². The number of anilines is 1. The lowest BCUT2D eigenvalue weighted by atomic mass is 10.2. The highest BCUT2D eigenvalue weighted by Crippen LogP contribution is 2.15. The fourth-order valence-corrected chi connectivity index (χ4v) is 1.92. The summed E-state index contributed by atoms with van der Waals surface area (Å²) < 4.78 is 5.30. The van der Waals surface area contributed by atoms with Crippen LogP contribution in [-0.4, -0.2) is 38.8 Å². The van der Waals surface area contributed by atoms with Crippen LogP contribution in [0.25, 0.3) is 0 Å². The van der Waals surface area contributed by atoms with Crippen LogP contribution in [0.5, 0.6) is 0 Å². The minimum absolute atomic E-state index is 0. The number of nitrogens with zero attached hydrogens (tertiary/aromatic N) is 1. The summed E-state index contributed by atoms with van der Waals surface area (Å²) in [6.45, 7) is 3.88. The number of hydrogen-bond donors (Lipinski definition) is 1. The standard InChI is InChI=1S/C13H18N2O2.ClH/c1-10-4-3-5-11(8-10)15(2)13(16)12-9-17-7-6-14-12;/h3-5,8,12,14H,6-7,9H2,1-2H3;1H. The summed E-state index contributed by atoms with van der Waals surface area (Å²) in [6, 6.07) is 7.69. The van der Waals surface area contributed by atoms with Gasteiger partial charge >= 0.3 is 0 Å². The van der Waals surface area contributed by atoms with Gasteiger partial charge in [0, 0.05) is 19.3 Å². The first-order chi connectivity index (χ1) is 8.18. The van der Waals surface area contributed by atoms with Gasteiger partial charge in [0.05, 0.1) is 13.2 Å². The van der Waals surface area contributed by atoms with Gasteiger partial charge in [-0.05, 0) is 24.6 Å². The molecule has 1 aliphatic rings. The molecule has 1 aliphatic heterocycles. The fraction of sp³-hybridized carbons (Fsp3) is 0.462. The number of carbonyl (C=O) groups is 1. The second kappa shape index (κ2) is 6.73. The zero-order valence-electron chi connectivity index (χ0n) is 10.7. The number of likely N-dealkylation sites (N-methyl/N-ethyl adjacent to an activating group) is 1. The van der Waals surface area contributed by atoms with E-state index in [0.29, 0.717) is 13.2 Å². The first kappa shape index (κ1) is 15.0. The molecule has 1 fully saturated rings. The van der Waals surface area contributed by atoms with Crippen LogP contribution in [0.3, 0.4) is 0 Å². The predicted octanol–water partition coefficient (Wildman–Crippen LogP) is 1.37. The maximum absolute atomic E-state index is 12.2. The summed E-state index contributed by atoms with van der Waals surface area (Å²) in [6.07, 6.45) is 0. The molecule has 100 valence electrons. The number of ether oxygens (including phenoxy) is 1. The smallest absolute Gasteiger partial charge is 0.246 e. The van der Waals surface area contributed by atoms with Gasteiger partial charge in [-0.25, -0.2) is 0 Å². The molecule has 0 radical (unpaired) electrons. The van der Waals surface area contributed by atoms with E-state index in [-0.39, 0.29) is 24.4 Å². The van der Waals surface area contributed by atoms with Crippen molar-refractivity contribution in [3.8, 4) is 0 Å². The van der Waals surface area contributed by atoms with Crippen molar-refractivity contribution in [1.29, 1.82) is 0 Å². The van der Waals surface area contributed by atoms with Gasteiger partial charge in [0.2, 0.25) is 5.91 Å². The molecule has 0 aliphatic carbocycles. The molecule has 5 heteroatoms. The van der Waals surface area contributed by atoms with Gasteiger partial charge in [0.1, 0.15) is 6.04 Å². The lowest BCUT2D eigenvalue weighted by Gasteiger charge is -2.27. The minimum Gasteiger partial charge on any atom is -0.378 e. The Labute approximate surface area is 114 Å². The Bertz CT molecular complexity index is 406. The quantitative estimate of drug-likeness (QED) is 0.883. The number of hydrogen-bond acceptors (Lipinski definition) is 3. The van der Waals surface area contributed by atoms with Crippen molar-refractivity contribution in [3.63, 3.8) is 0 Å². The molecule has 18 heavy (non-hydrogen) atoms. The Hall–Kier alpha value is -1.10. The number of carbonyl (C=O) groups excluding carboxylic acids is 1. The molecule has 1 N–H and O–H groups in total. The maximum Gasteiger partial charge on any atom is 0.246 e. The summed E-state index contributed by atoms with van der Waals surface area (Å²) in [4.78, 5) is 13.9. The average molecular weight is 271 g/mol. The van der Waals surface area contributed by atoms with E-state index in [1.54, 1.807) is 11.9 Å². The second-order valence-electron chi connectivity index (χ2n) is 4.32. The lowest BCUT2D eigenvalue weighted by Crippen LogP contribution is -2.51. The number of nitrogens with one attached hydrogen (secondary N) is 1. The van der Waals surface area contributed by atoms with E-state index in [1.807, 2.05) is 31.2 Å². The third kappa shape index (κ3) is 3.45. The van der Waals surface area contributed by atoms with Gasteiger partial charge in [0.15, 0.2) is 0 Å². The maximum atomic E-state index is 12.2. The van der Waals surface area contributed by atoms with Crippen molar-refractivity contribution in [2.24, 2.45) is 0 Å². The van der Waals surface area contributed by atoms with Crippen molar-refractivity contribution in [1.82, 2.24) is 5.32 Å². The van der Waals surface area contributed by atoms with Crippen LogP contribution < -0.4 is 10.2 Å². The number of morpholine rings is 1. The van der Waals surface area contributed by atoms with Crippen molar-refractivity contribution in [2.75, 3.05) is 31.7 Å². The van der Waals surface area contributed by atoms with Crippen LogP contribution in [-0.2, 0) is 9.53 Å². The van der Waals surface area contributed by atoms with Crippen LogP contribution in [0.15, 0.2) is 24.3 Å². The van der Waals surface area contributed by atoms with Gasteiger partial charge in [-0.3, -0.25) is 4.79 Å². The molecular weight excluding hydrogens is 252 g/mol. The molecule has 1 atom stereocenters. The van der Waals surface area contributed by atoms with E-state index in [0.717, 1.165) is 17.8 Å². The Morgan fingerprint density at radius 1 is 1.50 bits per heavy atom. The van der Waals surface area contributed by atoms with Gasteiger partial charge < -0.3 is 15.0 Å². The van der Waals surface area contributed by atoms with Crippen LogP contribution in [0, 0.1) is 6.92 Å². The van der Waals surface area contributed by atoms with E-state index in [9.17, 15) is 4.79 Å². The molecule has 0 bridgehead atoms. The minimum atomic E-state index is -0.228. The van der Waals surface area contributed by atoms with Crippen LogP contribution in [0.4, 0.5) is 5.69 Å². The second-order valence-corrected chi connectivity index (χ2v) is 4.32. The number of rotatable bonds is 2. The highest BCUT2D eigenvalue weighted by molar-refractivity contribution is 5.96. The highest BCUT2D eigenvalue weighted by Gasteiger charge is 2.24. The zero-order chi connectivity index (χ0) is 12.3. The number of benzene rings is 1. The fourth-order valence-electron chi connectivity index (χ4n) is 1.92. The van der Waals surface area contributed by atoms with E-state index >= 15 is 0 Å². The van der Waals surface area contributed by atoms with Crippen molar-refractivity contribution >= 4 is 24.0 Å². The number of halogens is 1. The van der Waals surface area contributed by atoms with Crippen LogP contribution in [0.1, 0.15) is 5.56 Å². The third-order valence-electron chi connectivity index (χ3n) is 2.94. The highest BCUT2D eigenvalue weighted by atomic mass is 35.5. The SMILES string of the molecule is Cc1cccc(N(C)C(=O)C2COCCN2)c1.Cl. The zero-order valence-corrected chi connectivity index (χ0v) is 11.5. The topological polar surface area (TPSA) is 41.6 Å². The average Bonchev–Trinajstić information content (AvgIpc) is 2.38. The molecule has 0 aromatic heterocycles. The molecule has 0 spiro atoms. The molecular formula is C13H19ClN2O2. The molecule has 1 aromatic rings. The summed E-state index contributed by atoms with van der Waals surface area (Å²) in [7, 11) is 1.80. The first-order valence-corrected chi connectivity index (χ1v) is 5.84. The summed E-state index contributed by atoms with van der Waals surface area (Å²) in [5.74, 6) is 0.0512. The Balaban J connectivity index is 0.00000162. The normalized spacial score (nSPS) is 18.9. The Kier molecular flexibility index (Phi) is 5.59. The lowest BCUT2D eigenvalue weighted by molar-refractivity contribution is -0.123. The molecule has 4 nitrogen and oxygen atoms in total. The first-order valence-electron chi connectivity index (χ1n) is 5.84. The molecule has 2 rings (SSSR count). The molecule has 1 aromatic carbocycles. The molecule has 1 unspecified atom stereocenters. The van der Waals surface area contributed by atoms with E-state index in [4.69, 9.17) is 4.74 Å². The van der Waals surface area contributed by atoms with E-state index in [1.165, 1.54) is 0 Å². The largest absolute Gasteiger partial charge is 0.378 e. The Morgan fingerprint density at radius 2 is 2.28 bits per heavy atom. The van der Waals surface area contributed by atoms with Gasteiger partial charge in [-0.2, -0.15) is 0 Å². The van der Waals surface area contributed by atoms with Crippen molar-refractivity contribution in [2.45, 2.75) is 13.0 Å². The molecule has 0 saturated carbocycles. The van der Waals surface area contributed by atoms with E-state index in [2.05, 4.69) is 5.32 Å². The van der Waals surface area contributed by atoms with Crippen LogP contribution in [0.2, 0.25) is 0 Å². The van der Waals surface area contributed by atoms with Crippen LogP contribution >= 0.6 is 12.4 Å². The molecule has 1 saturated heterocycles. The monoisotopic (exact) mass is 270 g/mol. The predicted molar refractivity (Wildman–Crippen MR) is 74.4 cm³/mol. The van der Waals surface area contributed by atoms with Gasteiger partial charge in [0.25, 0.3) is 0 Å². The van der Waals surface area contributed by atoms with Gasteiger partial charge in [-0.15, -0.1) is 12.4 Å². The number of aryl methyl sites for hydroxylation is 1. The number of amides is 1. The molecule has 1 heterocycles. The van der Waals surface area contributed by atoms with Crippen molar-refractivity contribution < 1.29 is 9.53 Å². The van der Waals surface area contributed by atoms with Crippen molar-refractivity contribution in [3.05, 3.63) is 29.8 Å². The summed E-state index contributed by atoms with van der Waals surface area (Å²) in [5, 5.41) is 3.17. The molecule has 1 amide bonds. The Morgan fingerprint density at radius 3 is 2.89 bits per heavy atom. The third-order valence-corrected chi connectivity index (χ3v) is 2.94. The summed E-state index contributed by atoms with van der Waals surface area (Å²) in [5.41, 5.74) is 2.07. The van der Waals surface area contributed by atoms with E-state index < -0.39 is 0 Å². The summed E-state index contributed by atoms with van der Waals surface area (Å²) >= 11 is 0.